The van der Waals surface area contributed by atoms with E-state index in [0.717, 1.165) is 5.69 Å². The minimum absolute atomic E-state index is 0.0145. The fraction of sp³-hybridized carbons (Fsp3) is 0.0714. The number of benzene rings is 1. The highest BCUT2D eigenvalue weighted by Crippen LogP contribution is 2.32. The molecule has 3 rings (SSSR count). The van der Waals surface area contributed by atoms with Gasteiger partial charge in [-0.05, 0) is 36.4 Å². The highest BCUT2D eigenvalue weighted by Gasteiger charge is 2.16. The highest BCUT2D eigenvalue weighted by atomic mass is 16.6. The third-order valence-corrected chi connectivity index (χ3v) is 3.25. The smallest absolute Gasteiger partial charge is 0.269 e. The number of rotatable bonds is 3. The third-order valence-electron chi connectivity index (χ3n) is 3.25. The van der Waals surface area contributed by atoms with Crippen molar-refractivity contribution in [3.8, 4) is 11.3 Å². The fourth-order valence-corrected chi connectivity index (χ4v) is 2.26. The van der Waals surface area contributed by atoms with Crippen LogP contribution in [0.25, 0.3) is 16.9 Å². The van der Waals surface area contributed by atoms with Crippen LogP contribution in [0.1, 0.15) is 5.69 Å². The second-order valence-corrected chi connectivity index (χ2v) is 4.54. The Kier molecular flexibility index (Phi) is 2.94. The molecule has 0 aliphatic rings. The first-order valence-electron chi connectivity index (χ1n) is 6.18. The molecule has 1 aromatic carbocycles. The topological polar surface area (TPSA) is 89.9 Å². The molecule has 0 saturated heterocycles. The third kappa shape index (κ3) is 2.04. The summed E-state index contributed by atoms with van der Waals surface area (Å²) in [4.78, 5) is 25.8. The lowest BCUT2D eigenvalue weighted by Crippen LogP contribution is -1.89. The summed E-state index contributed by atoms with van der Waals surface area (Å²) >= 11 is 0. The predicted octanol–water partition coefficient (Wildman–Crippen LogP) is 3.62. The molecule has 0 fully saturated rings. The Hall–Kier alpha value is -3.09. The van der Waals surface area contributed by atoms with E-state index in [2.05, 4.69) is 10.2 Å². The van der Waals surface area contributed by atoms with Crippen molar-refractivity contribution in [2.24, 2.45) is 5.18 Å². The molecular formula is C14H10N4O3. The van der Waals surface area contributed by atoms with E-state index in [0.29, 0.717) is 16.9 Å². The number of nitroso groups, excluding NO2 is 1. The average Bonchev–Trinajstić information content (AvgIpc) is 2.87. The molecule has 7 heteroatoms. The summed E-state index contributed by atoms with van der Waals surface area (Å²) in [6.45, 7) is 1.85. The van der Waals surface area contributed by atoms with E-state index in [-0.39, 0.29) is 11.5 Å². The van der Waals surface area contributed by atoms with Crippen LogP contribution in [0.5, 0.6) is 0 Å². The zero-order valence-corrected chi connectivity index (χ0v) is 11.1. The largest absolute Gasteiger partial charge is 0.278 e. The number of fused-ring (bicyclic) bond motifs is 1. The van der Waals surface area contributed by atoms with E-state index in [4.69, 9.17) is 0 Å². The molecule has 0 aliphatic heterocycles. The van der Waals surface area contributed by atoms with Crippen molar-refractivity contribution in [3.05, 3.63) is 63.2 Å². The van der Waals surface area contributed by atoms with Crippen LogP contribution < -0.4 is 0 Å². The molecule has 0 amide bonds. The Bertz CT molecular complexity index is 853. The van der Waals surface area contributed by atoms with Crippen molar-refractivity contribution in [1.82, 2.24) is 9.38 Å². The summed E-state index contributed by atoms with van der Waals surface area (Å²) in [5, 5.41) is 13.7. The molecule has 104 valence electrons. The number of hydrogen-bond donors (Lipinski definition) is 0. The lowest BCUT2D eigenvalue weighted by Gasteiger charge is -2.00. The predicted molar refractivity (Wildman–Crippen MR) is 77.5 cm³/mol. The van der Waals surface area contributed by atoms with Crippen molar-refractivity contribution in [1.29, 1.82) is 0 Å². The quantitative estimate of drug-likeness (QED) is 0.417. The minimum Gasteiger partial charge on any atom is -0.278 e. The lowest BCUT2D eigenvalue weighted by molar-refractivity contribution is -0.384. The molecule has 0 spiro atoms. The van der Waals surface area contributed by atoms with Crippen LogP contribution in [0.15, 0.2) is 47.6 Å². The van der Waals surface area contributed by atoms with E-state index in [1.807, 2.05) is 19.1 Å². The van der Waals surface area contributed by atoms with Crippen LogP contribution in [0, 0.1) is 21.9 Å². The van der Waals surface area contributed by atoms with E-state index >= 15 is 0 Å². The minimum atomic E-state index is -0.476. The maximum absolute atomic E-state index is 11.2. The molecule has 0 N–H and O–H groups in total. The van der Waals surface area contributed by atoms with Crippen LogP contribution in [-0.2, 0) is 0 Å². The average molecular weight is 282 g/mol. The number of nitro groups is 1. The van der Waals surface area contributed by atoms with Crippen molar-refractivity contribution in [2.45, 2.75) is 6.92 Å². The number of nitrogens with zero attached hydrogens (tertiary/aromatic N) is 4. The van der Waals surface area contributed by atoms with Gasteiger partial charge in [-0.3, -0.25) is 14.5 Å². The number of aromatic nitrogens is 2. The van der Waals surface area contributed by atoms with Gasteiger partial charge in [0.15, 0.2) is 0 Å². The second-order valence-electron chi connectivity index (χ2n) is 4.54. The van der Waals surface area contributed by atoms with Crippen molar-refractivity contribution >= 4 is 17.2 Å². The van der Waals surface area contributed by atoms with Crippen LogP contribution in [-0.4, -0.2) is 14.3 Å². The molecule has 2 heterocycles. The van der Waals surface area contributed by atoms with Gasteiger partial charge in [-0.2, -0.15) is 0 Å². The van der Waals surface area contributed by atoms with Gasteiger partial charge < -0.3 is 0 Å². The number of pyridine rings is 1. The van der Waals surface area contributed by atoms with Gasteiger partial charge in [-0.1, -0.05) is 6.07 Å². The molecule has 21 heavy (non-hydrogen) atoms. The molecule has 0 atom stereocenters. The van der Waals surface area contributed by atoms with Gasteiger partial charge >= 0.3 is 0 Å². The number of imidazole rings is 1. The maximum atomic E-state index is 11.2. The first kappa shape index (κ1) is 12.9. The summed E-state index contributed by atoms with van der Waals surface area (Å²) < 4.78 is 1.66. The summed E-state index contributed by atoms with van der Waals surface area (Å²) in [7, 11) is 0. The molecule has 3 aromatic rings. The molecule has 0 radical (unpaired) electrons. The Labute approximate surface area is 119 Å². The molecule has 0 saturated carbocycles. The normalized spacial score (nSPS) is 10.7. The molecule has 2 aromatic heterocycles. The second kappa shape index (κ2) is 4.78. The fourth-order valence-electron chi connectivity index (χ4n) is 2.26. The van der Waals surface area contributed by atoms with Crippen LogP contribution >= 0.6 is 0 Å². The SMILES string of the molecule is Cc1cccc2nc(-c3ccc([N+](=O)[O-])cc3)c(N=O)n12. The lowest BCUT2D eigenvalue weighted by atomic mass is 10.1. The van der Waals surface area contributed by atoms with E-state index in [1.54, 1.807) is 22.6 Å². The van der Waals surface area contributed by atoms with Gasteiger partial charge in [-0.25, -0.2) is 4.98 Å². The summed E-state index contributed by atoms with van der Waals surface area (Å²) in [5.41, 5.74) is 2.45. The van der Waals surface area contributed by atoms with E-state index < -0.39 is 4.92 Å². The van der Waals surface area contributed by atoms with Crippen LogP contribution in [0.4, 0.5) is 11.5 Å². The van der Waals surface area contributed by atoms with Crippen LogP contribution in [0.3, 0.4) is 0 Å². The highest BCUT2D eigenvalue weighted by molar-refractivity contribution is 5.75. The Morgan fingerprint density at radius 2 is 1.90 bits per heavy atom. The standard InChI is InChI=1S/C14H10N4O3/c1-9-3-2-4-12-15-13(14(16-19)17(9)12)10-5-7-11(8-6-10)18(20)21/h2-8H,1H3. The van der Waals surface area contributed by atoms with Crippen LogP contribution in [0.2, 0.25) is 0 Å². The summed E-state index contributed by atoms with van der Waals surface area (Å²) in [5.74, 6) is 0.192. The molecule has 0 bridgehead atoms. The Balaban J connectivity index is 2.22. The van der Waals surface area contributed by atoms with Gasteiger partial charge in [0.2, 0.25) is 5.82 Å². The van der Waals surface area contributed by atoms with Gasteiger partial charge in [0.05, 0.1) is 4.92 Å². The number of nitro benzene ring substituents is 1. The van der Waals surface area contributed by atoms with Crippen molar-refractivity contribution in [2.75, 3.05) is 0 Å². The van der Waals surface area contributed by atoms with Gasteiger partial charge in [-0.15, -0.1) is 4.91 Å². The first-order valence-corrected chi connectivity index (χ1v) is 6.18. The van der Waals surface area contributed by atoms with Gasteiger partial charge in [0, 0.05) is 23.4 Å². The molecule has 0 aliphatic carbocycles. The summed E-state index contributed by atoms with van der Waals surface area (Å²) in [6.07, 6.45) is 0. The monoisotopic (exact) mass is 282 g/mol. The zero-order valence-electron chi connectivity index (χ0n) is 11.1. The number of hydrogen-bond acceptors (Lipinski definition) is 5. The Morgan fingerprint density at radius 1 is 1.19 bits per heavy atom. The Morgan fingerprint density at radius 3 is 2.52 bits per heavy atom. The van der Waals surface area contributed by atoms with Crippen molar-refractivity contribution in [3.63, 3.8) is 0 Å². The molecule has 7 nitrogen and oxygen atoms in total. The maximum Gasteiger partial charge on any atom is 0.269 e. The summed E-state index contributed by atoms with van der Waals surface area (Å²) in [6, 6.07) is 11.3. The zero-order chi connectivity index (χ0) is 15.0. The van der Waals surface area contributed by atoms with Gasteiger partial charge in [0.25, 0.3) is 5.69 Å². The molecular weight excluding hydrogens is 272 g/mol. The number of aryl methyl sites for hydroxylation is 1. The first-order chi connectivity index (χ1) is 10.1. The van der Waals surface area contributed by atoms with E-state index in [9.17, 15) is 15.0 Å². The van der Waals surface area contributed by atoms with Crippen molar-refractivity contribution < 1.29 is 4.92 Å². The van der Waals surface area contributed by atoms with Gasteiger partial charge in [0.1, 0.15) is 11.3 Å². The number of non-ortho nitro benzene ring substituents is 1. The molecule has 0 unspecified atom stereocenters. The van der Waals surface area contributed by atoms with E-state index in [1.165, 1.54) is 12.1 Å².